The van der Waals surface area contributed by atoms with E-state index in [0.29, 0.717) is 24.9 Å². The third kappa shape index (κ3) is 3.21. The van der Waals surface area contributed by atoms with E-state index in [1.54, 1.807) is 0 Å². The molecule has 4 heteroatoms. The van der Waals surface area contributed by atoms with Crippen LogP contribution in [0.15, 0.2) is 18.2 Å². The van der Waals surface area contributed by atoms with E-state index in [-0.39, 0.29) is 5.91 Å². The number of nitrogens with one attached hydrogen (secondary N) is 1. The maximum atomic E-state index is 12.2. The van der Waals surface area contributed by atoms with Gasteiger partial charge >= 0.3 is 0 Å². The largest absolute Gasteiger partial charge is 0.493 e. The van der Waals surface area contributed by atoms with Gasteiger partial charge in [0.25, 0.3) is 0 Å². The fourth-order valence-corrected chi connectivity index (χ4v) is 3.33. The number of nitrogens with zero attached hydrogens (tertiary/aromatic N) is 1. The average Bonchev–Trinajstić information content (AvgIpc) is 3.03. The predicted molar refractivity (Wildman–Crippen MR) is 82.5 cm³/mol. The number of carbonyl (C=O) groups excluding carboxylic acids is 1. The molecular weight excluding hydrogens is 264 g/mol. The van der Waals surface area contributed by atoms with Gasteiger partial charge in [-0.2, -0.15) is 0 Å². The van der Waals surface area contributed by atoms with Gasteiger partial charge in [0.05, 0.1) is 13.0 Å². The first-order chi connectivity index (χ1) is 10.1. The number of hydrogen-bond donors (Lipinski definition) is 1. The standard InChI is InChI=1S/C17H24N2O2/c1-12-3-4-13(2)16(7-12)21-6-5-17(20)19-10-14-8-18-9-15(14)11-19/h3-4,7,14-15,18H,5-6,8-11H2,1-2H3/t14-,15+. The summed E-state index contributed by atoms with van der Waals surface area (Å²) in [5.41, 5.74) is 2.30. The molecule has 0 radical (unpaired) electrons. The summed E-state index contributed by atoms with van der Waals surface area (Å²) in [4.78, 5) is 14.3. The molecule has 2 fully saturated rings. The minimum Gasteiger partial charge on any atom is -0.493 e. The second-order valence-corrected chi connectivity index (χ2v) is 6.34. The summed E-state index contributed by atoms with van der Waals surface area (Å²) in [6.45, 7) is 8.51. The predicted octanol–water partition coefficient (Wildman–Crippen LogP) is 1.75. The normalized spacial score (nSPS) is 24.2. The molecule has 1 N–H and O–H groups in total. The first kappa shape index (κ1) is 14.4. The quantitative estimate of drug-likeness (QED) is 0.918. The second kappa shape index (κ2) is 6.06. The van der Waals surface area contributed by atoms with Gasteiger partial charge in [-0.05, 0) is 42.9 Å². The number of hydrogen-bond acceptors (Lipinski definition) is 3. The number of carbonyl (C=O) groups is 1. The molecule has 21 heavy (non-hydrogen) atoms. The molecule has 4 nitrogen and oxygen atoms in total. The number of aryl methyl sites for hydroxylation is 2. The first-order valence-corrected chi connectivity index (χ1v) is 7.82. The van der Waals surface area contributed by atoms with Gasteiger partial charge in [-0.25, -0.2) is 0 Å². The lowest BCUT2D eigenvalue weighted by Crippen LogP contribution is -2.32. The summed E-state index contributed by atoms with van der Waals surface area (Å²) >= 11 is 0. The van der Waals surface area contributed by atoms with E-state index >= 15 is 0 Å². The highest BCUT2D eigenvalue weighted by Gasteiger charge is 2.37. The average molecular weight is 288 g/mol. The fraction of sp³-hybridized carbons (Fsp3) is 0.588. The molecule has 0 spiro atoms. The maximum Gasteiger partial charge on any atom is 0.226 e. The van der Waals surface area contributed by atoms with E-state index in [2.05, 4.69) is 24.4 Å². The van der Waals surface area contributed by atoms with Crippen LogP contribution in [0, 0.1) is 25.7 Å². The van der Waals surface area contributed by atoms with E-state index in [1.165, 1.54) is 5.56 Å². The molecule has 1 aromatic carbocycles. The number of fused-ring (bicyclic) bond motifs is 1. The Bertz CT molecular complexity index is 518. The summed E-state index contributed by atoms with van der Waals surface area (Å²) in [5, 5.41) is 3.40. The first-order valence-electron chi connectivity index (χ1n) is 7.82. The highest BCUT2D eigenvalue weighted by molar-refractivity contribution is 5.76. The Balaban J connectivity index is 1.47. The molecule has 2 aliphatic heterocycles. The molecule has 2 atom stereocenters. The van der Waals surface area contributed by atoms with Crippen LogP contribution in [0.1, 0.15) is 17.5 Å². The third-order valence-corrected chi connectivity index (χ3v) is 4.66. The Morgan fingerprint density at radius 1 is 1.29 bits per heavy atom. The van der Waals surface area contributed by atoms with Crippen LogP contribution in [0.3, 0.4) is 0 Å². The summed E-state index contributed by atoms with van der Waals surface area (Å²) in [5.74, 6) is 2.45. The third-order valence-electron chi connectivity index (χ3n) is 4.66. The van der Waals surface area contributed by atoms with Crippen molar-refractivity contribution in [2.75, 3.05) is 32.8 Å². The lowest BCUT2D eigenvalue weighted by atomic mass is 10.0. The smallest absolute Gasteiger partial charge is 0.226 e. The molecule has 0 bridgehead atoms. The van der Waals surface area contributed by atoms with Gasteiger partial charge in [0, 0.05) is 26.2 Å². The summed E-state index contributed by atoms with van der Waals surface area (Å²) in [6.07, 6.45) is 0.472. The van der Waals surface area contributed by atoms with Gasteiger partial charge in [-0.1, -0.05) is 12.1 Å². The molecule has 0 aromatic heterocycles. The van der Waals surface area contributed by atoms with Crippen LogP contribution in [0.5, 0.6) is 5.75 Å². The van der Waals surface area contributed by atoms with Crippen molar-refractivity contribution < 1.29 is 9.53 Å². The van der Waals surface area contributed by atoms with Crippen LogP contribution in [0.4, 0.5) is 0 Å². The fourth-order valence-electron chi connectivity index (χ4n) is 3.33. The number of likely N-dealkylation sites (tertiary alicyclic amines) is 1. The Kier molecular flexibility index (Phi) is 4.15. The van der Waals surface area contributed by atoms with Gasteiger partial charge in [-0.15, -0.1) is 0 Å². The topological polar surface area (TPSA) is 41.6 Å². The van der Waals surface area contributed by atoms with Gasteiger partial charge in [0.1, 0.15) is 5.75 Å². The van der Waals surface area contributed by atoms with E-state index in [9.17, 15) is 4.79 Å². The van der Waals surface area contributed by atoms with Crippen molar-refractivity contribution >= 4 is 5.91 Å². The Morgan fingerprint density at radius 3 is 2.71 bits per heavy atom. The number of rotatable bonds is 4. The van der Waals surface area contributed by atoms with Crippen molar-refractivity contribution in [2.24, 2.45) is 11.8 Å². The number of benzene rings is 1. The number of ether oxygens (including phenoxy) is 1. The van der Waals surface area contributed by atoms with Crippen molar-refractivity contribution in [3.05, 3.63) is 29.3 Å². The molecule has 2 heterocycles. The molecule has 0 unspecified atom stereocenters. The SMILES string of the molecule is Cc1ccc(C)c(OCCC(=O)N2C[C@H]3CNC[C@H]3C2)c1. The van der Waals surface area contributed by atoms with Crippen LogP contribution in [-0.4, -0.2) is 43.6 Å². The molecule has 1 aromatic rings. The summed E-state index contributed by atoms with van der Waals surface area (Å²) in [7, 11) is 0. The van der Waals surface area contributed by atoms with Crippen molar-refractivity contribution in [2.45, 2.75) is 20.3 Å². The number of amides is 1. The summed E-state index contributed by atoms with van der Waals surface area (Å²) < 4.78 is 5.78. The van der Waals surface area contributed by atoms with Crippen molar-refractivity contribution in [1.29, 1.82) is 0 Å². The highest BCUT2D eigenvalue weighted by Crippen LogP contribution is 2.26. The van der Waals surface area contributed by atoms with Crippen LogP contribution in [-0.2, 0) is 4.79 Å². The molecule has 2 saturated heterocycles. The van der Waals surface area contributed by atoms with E-state index < -0.39 is 0 Å². The lowest BCUT2D eigenvalue weighted by Gasteiger charge is -2.18. The zero-order chi connectivity index (χ0) is 14.8. The zero-order valence-corrected chi connectivity index (χ0v) is 12.9. The second-order valence-electron chi connectivity index (χ2n) is 6.34. The van der Waals surface area contributed by atoms with Crippen LogP contribution >= 0.6 is 0 Å². The molecule has 1 amide bonds. The zero-order valence-electron chi connectivity index (χ0n) is 12.9. The van der Waals surface area contributed by atoms with E-state index in [1.807, 2.05) is 17.9 Å². The van der Waals surface area contributed by atoms with Crippen LogP contribution < -0.4 is 10.1 Å². The van der Waals surface area contributed by atoms with Gasteiger partial charge in [0.15, 0.2) is 0 Å². The Labute approximate surface area is 126 Å². The van der Waals surface area contributed by atoms with Crippen molar-refractivity contribution in [1.82, 2.24) is 10.2 Å². The highest BCUT2D eigenvalue weighted by atomic mass is 16.5. The van der Waals surface area contributed by atoms with Crippen molar-refractivity contribution in [3.63, 3.8) is 0 Å². The molecule has 0 saturated carbocycles. The molecular formula is C17H24N2O2. The molecule has 114 valence electrons. The lowest BCUT2D eigenvalue weighted by molar-refractivity contribution is -0.130. The minimum absolute atomic E-state index is 0.231. The van der Waals surface area contributed by atoms with E-state index in [0.717, 1.165) is 37.5 Å². The maximum absolute atomic E-state index is 12.2. The van der Waals surface area contributed by atoms with Crippen LogP contribution in [0.2, 0.25) is 0 Å². The van der Waals surface area contributed by atoms with E-state index in [4.69, 9.17) is 4.74 Å². The Morgan fingerprint density at radius 2 is 2.00 bits per heavy atom. The molecule has 3 rings (SSSR count). The van der Waals surface area contributed by atoms with Crippen LogP contribution in [0.25, 0.3) is 0 Å². The van der Waals surface area contributed by atoms with Gasteiger partial charge in [0.2, 0.25) is 5.91 Å². The van der Waals surface area contributed by atoms with Gasteiger partial charge in [-0.3, -0.25) is 4.79 Å². The van der Waals surface area contributed by atoms with Crippen molar-refractivity contribution in [3.8, 4) is 5.75 Å². The summed E-state index contributed by atoms with van der Waals surface area (Å²) in [6, 6.07) is 6.16. The Hall–Kier alpha value is -1.55. The molecule has 0 aliphatic carbocycles. The molecule has 2 aliphatic rings. The van der Waals surface area contributed by atoms with Gasteiger partial charge < -0.3 is 15.0 Å². The monoisotopic (exact) mass is 288 g/mol. The minimum atomic E-state index is 0.231.